The first-order valence-electron chi connectivity index (χ1n) is 9.73. The molecule has 0 radical (unpaired) electrons. The molecule has 1 aliphatic carbocycles. The van der Waals surface area contributed by atoms with Crippen molar-refractivity contribution in [2.45, 2.75) is 71.3 Å². The molecule has 0 aliphatic heterocycles. The van der Waals surface area contributed by atoms with Crippen LogP contribution in [0.15, 0.2) is 16.8 Å². The smallest absolute Gasteiger partial charge is 0.152 e. The molecule has 1 atom stereocenters. The van der Waals surface area contributed by atoms with Gasteiger partial charge in [-0.3, -0.25) is 4.68 Å². The van der Waals surface area contributed by atoms with Crippen molar-refractivity contribution in [1.82, 2.24) is 19.9 Å². The maximum Gasteiger partial charge on any atom is 0.152 e. The van der Waals surface area contributed by atoms with E-state index in [1.54, 1.807) is 0 Å². The SMILES string of the molecule is CCCn1cc2c3c(nc(N)c2n1)CCCC3CCCc1cc(C)no1. The quantitative estimate of drug-likeness (QED) is 0.719. The lowest BCUT2D eigenvalue weighted by molar-refractivity contribution is 0.372. The summed E-state index contributed by atoms with van der Waals surface area (Å²) in [5, 5.41) is 9.87. The van der Waals surface area contributed by atoms with Crippen molar-refractivity contribution < 1.29 is 4.52 Å². The molecule has 26 heavy (non-hydrogen) atoms. The predicted octanol–water partition coefficient (Wildman–Crippen LogP) is 4.16. The van der Waals surface area contributed by atoms with Gasteiger partial charge in [0.25, 0.3) is 0 Å². The number of hydrogen-bond donors (Lipinski definition) is 1. The van der Waals surface area contributed by atoms with E-state index in [9.17, 15) is 0 Å². The third-order valence-corrected chi connectivity index (χ3v) is 5.34. The minimum absolute atomic E-state index is 0.526. The van der Waals surface area contributed by atoms with E-state index < -0.39 is 0 Å². The number of nitrogens with two attached hydrogens (primary N) is 1. The summed E-state index contributed by atoms with van der Waals surface area (Å²) in [4.78, 5) is 4.71. The summed E-state index contributed by atoms with van der Waals surface area (Å²) in [5.74, 6) is 2.08. The Morgan fingerprint density at radius 3 is 3.04 bits per heavy atom. The molecule has 0 bridgehead atoms. The highest BCUT2D eigenvalue weighted by molar-refractivity contribution is 5.90. The second-order valence-electron chi connectivity index (χ2n) is 7.43. The zero-order valence-corrected chi connectivity index (χ0v) is 15.7. The van der Waals surface area contributed by atoms with Crippen LogP contribution in [0.25, 0.3) is 10.9 Å². The monoisotopic (exact) mass is 353 g/mol. The van der Waals surface area contributed by atoms with Gasteiger partial charge in [-0.25, -0.2) is 4.98 Å². The van der Waals surface area contributed by atoms with Crippen LogP contribution in [0.5, 0.6) is 0 Å². The van der Waals surface area contributed by atoms with Gasteiger partial charge in [0.1, 0.15) is 11.3 Å². The molecular formula is C20H27N5O. The van der Waals surface area contributed by atoms with Crippen molar-refractivity contribution in [2.75, 3.05) is 5.73 Å². The van der Waals surface area contributed by atoms with Crippen LogP contribution >= 0.6 is 0 Å². The molecule has 0 fully saturated rings. The van der Waals surface area contributed by atoms with Gasteiger partial charge in [0, 0.05) is 36.3 Å². The highest BCUT2D eigenvalue weighted by atomic mass is 16.5. The van der Waals surface area contributed by atoms with Crippen LogP contribution in [-0.2, 0) is 19.4 Å². The summed E-state index contributed by atoms with van der Waals surface area (Å²) in [6, 6.07) is 2.03. The van der Waals surface area contributed by atoms with Crippen molar-refractivity contribution in [3.63, 3.8) is 0 Å². The number of aryl methyl sites for hydroxylation is 4. The lowest BCUT2D eigenvalue weighted by Gasteiger charge is -2.25. The van der Waals surface area contributed by atoms with Gasteiger partial charge >= 0.3 is 0 Å². The number of nitrogens with zero attached hydrogens (tertiary/aromatic N) is 4. The van der Waals surface area contributed by atoms with E-state index in [1.165, 1.54) is 29.5 Å². The molecule has 0 saturated carbocycles. The molecule has 1 unspecified atom stereocenters. The van der Waals surface area contributed by atoms with E-state index >= 15 is 0 Å². The maximum absolute atomic E-state index is 6.21. The van der Waals surface area contributed by atoms with Gasteiger partial charge in [-0.15, -0.1) is 0 Å². The number of rotatable bonds is 6. The van der Waals surface area contributed by atoms with E-state index in [4.69, 9.17) is 15.2 Å². The molecule has 6 nitrogen and oxygen atoms in total. The van der Waals surface area contributed by atoms with Gasteiger partial charge in [0.05, 0.1) is 5.69 Å². The lowest BCUT2D eigenvalue weighted by Crippen LogP contribution is -2.13. The van der Waals surface area contributed by atoms with Gasteiger partial charge in [0.15, 0.2) is 5.82 Å². The summed E-state index contributed by atoms with van der Waals surface area (Å²) < 4.78 is 7.37. The fourth-order valence-corrected chi connectivity index (χ4v) is 4.22. The minimum atomic E-state index is 0.526. The first-order chi connectivity index (χ1) is 12.7. The third-order valence-electron chi connectivity index (χ3n) is 5.34. The summed E-state index contributed by atoms with van der Waals surface area (Å²) in [7, 11) is 0. The highest BCUT2D eigenvalue weighted by Gasteiger charge is 2.26. The Bertz CT molecular complexity index is 910. The largest absolute Gasteiger partial charge is 0.382 e. The number of fused-ring (bicyclic) bond motifs is 3. The van der Waals surface area contributed by atoms with Crippen LogP contribution in [-0.4, -0.2) is 19.9 Å². The van der Waals surface area contributed by atoms with Crippen LogP contribution in [0.3, 0.4) is 0 Å². The first-order valence-corrected chi connectivity index (χ1v) is 9.73. The zero-order valence-electron chi connectivity index (χ0n) is 15.7. The lowest BCUT2D eigenvalue weighted by atomic mass is 9.81. The number of aromatic nitrogens is 4. The van der Waals surface area contributed by atoms with Crippen LogP contribution < -0.4 is 5.73 Å². The van der Waals surface area contributed by atoms with Crippen molar-refractivity contribution in [3.05, 3.63) is 35.0 Å². The van der Waals surface area contributed by atoms with Crippen molar-refractivity contribution >= 4 is 16.7 Å². The Labute approximate surface area is 153 Å². The topological polar surface area (TPSA) is 82.8 Å². The summed E-state index contributed by atoms with van der Waals surface area (Å²) in [6.45, 7) is 5.04. The molecule has 3 heterocycles. The number of pyridine rings is 1. The van der Waals surface area contributed by atoms with Gasteiger partial charge in [-0.1, -0.05) is 12.1 Å². The molecule has 1 aliphatic rings. The predicted molar refractivity (Wildman–Crippen MR) is 102 cm³/mol. The summed E-state index contributed by atoms with van der Waals surface area (Å²) in [5.41, 5.74) is 10.6. The van der Waals surface area contributed by atoms with E-state index in [1.807, 2.05) is 17.7 Å². The standard InChI is InChI=1S/C20H27N5O/c1-3-10-25-12-16-18-14(6-4-8-15-11-13(2)24-26-15)7-5-9-17(18)22-20(21)19(16)23-25/h11-12,14H,3-10H2,1-2H3,(H2,21,22). The highest BCUT2D eigenvalue weighted by Crippen LogP contribution is 2.39. The third kappa shape index (κ3) is 3.20. The molecule has 0 aromatic carbocycles. The Morgan fingerprint density at radius 2 is 2.27 bits per heavy atom. The van der Waals surface area contributed by atoms with Crippen LogP contribution in [0.2, 0.25) is 0 Å². The van der Waals surface area contributed by atoms with Crippen LogP contribution in [0.4, 0.5) is 5.82 Å². The fraction of sp³-hybridized carbons (Fsp3) is 0.550. The van der Waals surface area contributed by atoms with Crippen LogP contribution in [0.1, 0.15) is 67.7 Å². The zero-order chi connectivity index (χ0) is 18.1. The molecule has 6 heteroatoms. The second-order valence-corrected chi connectivity index (χ2v) is 7.43. The normalized spacial score (nSPS) is 16.9. The number of anilines is 1. The molecule has 0 amide bonds. The molecular weight excluding hydrogens is 326 g/mol. The molecule has 2 N–H and O–H groups in total. The summed E-state index contributed by atoms with van der Waals surface area (Å²) in [6.07, 6.45) is 9.80. The van der Waals surface area contributed by atoms with Gasteiger partial charge in [0.2, 0.25) is 0 Å². The Kier molecular flexibility index (Phi) is 4.66. The average Bonchev–Trinajstić information content (AvgIpc) is 3.22. The first kappa shape index (κ1) is 17.1. The maximum atomic E-state index is 6.21. The van der Waals surface area contributed by atoms with Crippen molar-refractivity contribution in [2.24, 2.45) is 0 Å². The minimum Gasteiger partial charge on any atom is -0.382 e. The van der Waals surface area contributed by atoms with Gasteiger partial charge in [-0.2, -0.15) is 5.10 Å². The van der Waals surface area contributed by atoms with Crippen molar-refractivity contribution in [1.29, 1.82) is 0 Å². The molecule has 138 valence electrons. The Morgan fingerprint density at radius 1 is 1.38 bits per heavy atom. The van der Waals surface area contributed by atoms with E-state index in [2.05, 4.69) is 23.4 Å². The Hall–Kier alpha value is -2.37. The molecule has 3 aromatic rings. The average molecular weight is 353 g/mol. The van der Waals surface area contributed by atoms with E-state index in [0.717, 1.165) is 55.6 Å². The fourth-order valence-electron chi connectivity index (χ4n) is 4.22. The van der Waals surface area contributed by atoms with E-state index in [0.29, 0.717) is 11.7 Å². The molecule has 0 spiro atoms. The van der Waals surface area contributed by atoms with E-state index in [-0.39, 0.29) is 0 Å². The second kappa shape index (κ2) is 7.09. The summed E-state index contributed by atoms with van der Waals surface area (Å²) >= 11 is 0. The number of nitrogen functional groups attached to an aromatic ring is 1. The molecule has 3 aromatic heterocycles. The van der Waals surface area contributed by atoms with Gasteiger partial charge in [-0.05, 0) is 56.9 Å². The molecule has 4 rings (SSSR count). The Balaban J connectivity index is 1.60. The number of hydrogen-bond acceptors (Lipinski definition) is 5. The van der Waals surface area contributed by atoms with Crippen LogP contribution in [0, 0.1) is 6.92 Å². The van der Waals surface area contributed by atoms with Gasteiger partial charge < -0.3 is 10.3 Å². The molecule has 0 saturated heterocycles. The van der Waals surface area contributed by atoms with Crippen molar-refractivity contribution in [3.8, 4) is 0 Å².